The molecule has 0 spiro atoms. The maximum Gasteiger partial charge on any atom is 0.223 e. The van der Waals surface area contributed by atoms with E-state index < -0.39 is 0 Å². The minimum absolute atomic E-state index is 0.295. The van der Waals surface area contributed by atoms with Crippen molar-refractivity contribution in [1.82, 2.24) is 9.97 Å². The van der Waals surface area contributed by atoms with Gasteiger partial charge in [-0.2, -0.15) is 4.98 Å². The number of ether oxygens (including phenoxy) is 2. The molecule has 0 aliphatic rings. The summed E-state index contributed by atoms with van der Waals surface area (Å²) in [5, 5.41) is 0.730. The summed E-state index contributed by atoms with van der Waals surface area (Å²) >= 11 is 1.63. The molecule has 0 amide bonds. The van der Waals surface area contributed by atoms with Gasteiger partial charge in [0, 0.05) is 11.8 Å². The second-order valence-electron chi connectivity index (χ2n) is 6.56. The molecule has 0 atom stereocenters. The summed E-state index contributed by atoms with van der Waals surface area (Å²) < 4.78 is 11.2. The molecular weight excluding hydrogens is 356 g/mol. The van der Waals surface area contributed by atoms with Crippen molar-refractivity contribution in [2.45, 2.75) is 37.6 Å². The molecule has 4 nitrogen and oxygen atoms in total. The monoisotopic (exact) mass is 380 g/mol. The first-order chi connectivity index (χ1) is 13.0. The van der Waals surface area contributed by atoms with E-state index in [1.807, 2.05) is 30.3 Å². The minimum Gasteiger partial charge on any atom is -0.497 e. The van der Waals surface area contributed by atoms with Crippen molar-refractivity contribution in [2.24, 2.45) is 0 Å². The topological polar surface area (TPSA) is 44.2 Å². The van der Waals surface area contributed by atoms with Crippen LogP contribution in [-0.2, 0) is 5.75 Å². The maximum absolute atomic E-state index is 5.97. The minimum atomic E-state index is 0.295. The van der Waals surface area contributed by atoms with Gasteiger partial charge in [0.1, 0.15) is 11.5 Å². The molecule has 27 heavy (non-hydrogen) atoms. The van der Waals surface area contributed by atoms with Crippen molar-refractivity contribution in [1.29, 1.82) is 0 Å². The molecular formula is C22H24N2O2S. The average molecular weight is 381 g/mol. The lowest BCUT2D eigenvalue weighted by Gasteiger charge is -2.11. The Hall–Kier alpha value is -2.53. The fraction of sp³-hybridized carbons (Fsp3) is 0.273. The van der Waals surface area contributed by atoms with Gasteiger partial charge in [0.05, 0.1) is 12.8 Å². The molecule has 140 valence electrons. The zero-order valence-electron chi connectivity index (χ0n) is 16.1. The summed E-state index contributed by atoms with van der Waals surface area (Å²) in [5.41, 5.74) is 3.54. The van der Waals surface area contributed by atoms with E-state index in [4.69, 9.17) is 14.5 Å². The summed E-state index contributed by atoms with van der Waals surface area (Å²) in [4.78, 5) is 9.30. The van der Waals surface area contributed by atoms with Crippen LogP contribution in [0.15, 0.2) is 59.8 Å². The first-order valence-corrected chi connectivity index (χ1v) is 9.92. The maximum atomic E-state index is 5.97. The molecule has 2 aromatic carbocycles. The van der Waals surface area contributed by atoms with E-state index in [1.165, 1.54) is 11.1 Å². The quantitative estimate of drug-likeness (QED) is 0.371. The molecule has 0 aliphatic heterocycles. The number of methoxy groups -OCH3 is 1. The normalized spacial score (nSPS) is 10.9. The van der Waals surface area contributed by atoms with Gasteiger partial charge in [0.25, 0.3) is 0 Å². The highest BCUT2D eigenvalue weighted by Crippen LogP contribution is 2.28. The molecule has 0 radical (unpaired) electrons. The number of rotatable bonds is 7. The van der Waals surface area contributed by atoms with Crippen LogP contribution in [0, 0.1) is 6.92 Å². The molecule has 0 fully saturated rings. The second kappa shape index (κ2) is 8.91. The SMILES string of the molecule is COc1ccc(Oc2cc(C(C)C)nc(SCc3ccccc3C)n2)cc1. The summed E-state index contributed by atoms with van der Waals surface area (Å²) in [6.07, 6.45) is 0. The molecule has 1 heterocycles. The number of benzene rings is 2. The van der Waals surface area contributed by atoms with Crippen molar-refractivity contribution >= 4 is 11.8 Å². The predicted molar refractivity (Wildman–Crippen MR) is 110 cm³/mol. The Morgan fingerprint density at radius 2 is 1.67 bits per heavy atom. The number of thioether (sulfide) groups is 1. The number of hydrogen-bond donors (Lipinski definition) is 0. The molecule has 1 aromatic heterocycles. The van der Waals surface area contributed by atoms with Crippen LogP contribution in [-0.4, -0.2) is 17.1 Å². The largest absolute Gasteiger partial charge is 0.497 e. The van der Waals surface area contributed by atoms with Gasteiger partial charge in [0.2, 0.25) is 5.88 Å². The number of hydrogen-bond acceptors (Lipinski definition) is 5. The second-order valence-corrected chi connectivity index (χ2v) is 7.50. The lowest BCUT2D eigenvalue weighted by Crippen LogP contribution is -2.00. The van der Waals surface area contributed by atoms with Gasteiger partial charge in [-0.1, -0.05) is 49.9 Å². The smallest absolute Gasteiger partial charge is 0.223 e. The molecule has 0 aliphatic carbocycles. The highest BCUT2D eigenvalue weighted by molar-refractivity contribution is 7.98. The predicted octanol–water partition coefficient (Wildman–Crippen LogP) is 6.00. The Balaban J connectivity index is 1.80. The zero-order valence-corrected chi connectivity index (χ0v) is 16.9. The van der Waals surface area contributed by atoms with Gasteiger partial charge in [-0.3, -0.25) is 0 Å². The summed E-state index contributed by atoms with van der Waals surface area (Å²) in [6.45, 7) is 6.37. The van der Waals surface area contributed by atoms with Crippen LogP contribution in [0.5, 0.6) is 17.4 Å². The van der Waals surface area contributed by atoms with Crippen LogP contribution in [0.2, 0.25) is 0 Å². The third kappa shape index (κ3) is 5.23. The van der Waals surface area contributed by atoms with Crippen LogP contribution < -0.4 is 9.47 Å². The highest BCUT2D eigenvalue weighted by Gasteiger charge is 2.11. The Morgan fingerprint density at radius 3 is 2.33 bits per heavy atom. The van der Waals surface area contributed by atoms with Gasteiger partial charge >= 0.3 is 0 Å². The molecule has 0 N–H and O–H groups in total. The number of aryl methyl sites for hydroxylation is 1. The van der Waals surface area contributed by atoms with Crippen LogP contribution in [0.4, 0.5) is 0 Å². The molecule has 3 aromatic rings. The van der Waals surface area contributed by atoms with Crippen LogP contribution in [0.25, 0.3) is 0 Å². The van der Waals surface area contributed by atoms with E-state index >= 15 is 0 Å². The fourth-order valence-electron chi connectivity index (χ4n) is 2.51. The van der Waals surface area contributed by atoms with Crippen LogP contribution >= 0.6 is 11.8 Å². The zero-order chi connectivity index (χ0) is 19.2. The van der Waals surface area contributed by atoms with Gasteiger partial charge in [-0.25, -0.2) is 4.98 Å². The Kier molecular flexibility index (Phi) is 6.35. The van der Waals surface area contributed by atoms with Crippen molar-refractivity contribution < 1.29 is 9.47 Å². The Morgan fingerprint density at radius 1 is 0.963 bits per heavy atom. The number of nitrogens with zero attached hydrogens (tertiary/aromatic N) is 2. The highest BCUT2D eigenvalue weighted by atomic mass is 32.2. The summed E-state index contributed by atoms with van der Waals surface area (Å²) in [5.74, 6) is 3.20. The Bertz CT molecular complexity index is 895. The third-order valence-corrected chi connectivity index (χ3v) is 5.09. The molecule has 0 saturated carbocycles. The lowest BCUT2D eigenvalue weighted by atomic mass is 10.1. The van der Waals surface area contributed by atoms with E-state index in [9.17, 15) is 0 Å². The molecule has 0 bridgehead atoms. The summed E-state index contributed by atoms with van der Waals surface area (Å²) in [7, 11) is 1.65. The van der Waals surface area contributed by atoms with E-state index in [1.54, 1.807) is 18.9 Å². The van der Waals surface area contributed by atoms with Crippen molar-refractivity contribution in [3.05, 3.63) is 71.4 Å². The van der Waals surface area contributed by atoms with Crippen molar-refractivity contribution in [3.63, 3.8) is 0 Å². The first kappa shape index (κ1) is 19.2. The van der Waals surface area contributed by atoms with Crippen molar-refractivity contribution in [3.8, 4) is 17.4 Å². The van der Waals surface area contributed by atoms with Gasteiger partial charge < -0.3 is 9.47 Å². The van der Waals surface area contributed by atoms with E-state index in [0.717, 1.165) is 28.1 Å². The van der Waals surface area contributed by atoms with Crippen molar-refractivity contribution in [2.75, 3.05) is 7.11 Å². The molecule has 3 rings (SSSR count). The van der Waals surface area contributed by atoms with Crippen LogP contribution in [0.3, 0.4) is 0 Å². The van der Waals surface area contributed by atoms with E-state index in [0.29, 0.717) is 11.8 Å². The molecule has 5 heteroatoms. The standard InChI is InChI=1S/C22H24N2O2S/c1-15(2)20-13-21(26-19-11-9-18(25-4)10-12-19)24-22(23-20)27-14-17-8-6-5-7-16(17)3/h5-13,15H,14H2,1-4H3. The Labute approximate surface area is 165 Å². The van der Waals surface area contributed by atoms with Gasteiger partial charge in [0.15, 0.2) is 5.16 Å². The van der Waals surface area contributed by atoms with E-state index in [2.05, 4.69) is 50.0 Å². The first-order valence-electron chi connectivity index (χ1n) is 8.93. The average Bonchev–Trinajstić information content (AvgIpc) is 2.68. The van der Waals surface area contributed by atoms with Crippen LogP contribution in [0.1, 0.15) is 36.6 Å². The summed E-state index contributed by atoms with van der Waals surface area (Å²) in [6, 6.07) is 17.8. The van der Waals surface area contributed by atoms with Gasteiger partial charge in [-0.05, 0) is 48.2 Å². The third-order valence-electron chi connectivity index (χ3n) is 4.19. The molecule has 0 unspecified atom stereocenters. The number of aromatic nitrogens is 2. The fourth-order valence-corrected chi connectivity index (χ4v) is 3.45. The van der Waals surface area contributed by atoms with Gasteiger partial charge in [-0.15, -0.1) is 0 Å². The van der Waals surface area contributed by atoms with E-state index in [-0.39, 0.29) is 0 Å². The molecule has 0 saturated heterocycles. The lowest BCUT2D eigenvalue weighted by molar-refractivity contribution is 0.411.